The summed E-state index contributed by atoms with van der Waals surface area (Å²) in [5.41, 5.74) is 1.52. The second-order valence-electron chi connectivity index (χ2n) is 3.04. The molecular formula is C11H13NO. The van der Waals surface area contributed by atoms with E-state index >= 15 is 0 Å². The van der Waals surface area contributed by atoms with Gasteiger partial charge in [0, 0.05) is 0 Å². The highest BCUT2D eigenvalue weighted by Crippen LogP contribution is 2.17. The van der Waals surface area contributed by atoms with Crippen LogP contribution in [0.3, 0.4) is 0 Å². The number of nitrogens with zero attached hydrogens (tertiary/aromatic N) is 1. The van der Waals surface area contributed by atoms with Crippen molar-refractivity contribution >= 4 is 0 Å². The van der Waals surface area contributed by atoms with Crippen LogP contribution < -0.4 is 0 Å². The molecule has 0 amide bonds. The summed E-state index contributed by atoms with van der Waals surface area (Å²) in [6.07, 6.45) is 1.34. The Balaban J connectivity index is 2.75. The fourth-order valence-electron chi connectivity index (χ4n) is 1.22. The minimum atomic E-state index is -0.391. The molecule has 0 saturated carbocycles. The monoisotopic (exact) mass is 175 g/mol. The summed E-state index contributed by atoms with van der Waals surface area (Å²) in [6.45, 7) is 2.03. The second-order valence-corrected chi connectivity index (χ2v) is 3.04. The second kappa shape index (κ2) is 4.64. The zero-order valence-corrected chi connectivity index (χ0v) is 7.70. The van der Waals surface area contributed by atoms with E-state index in [2.05, 4.69) is 0 Å². The van der Waals surface area contributed by atoms with Crippen LogP contribution in [0, 0.1) is 11.3 Å². The smallest absolute Gasteiger partial charge is 0.0991 e. The van der Waals surface area contributed by atoms with Gasteiger partial charge in [-0.2, -0.15) is 5.26 Å². The van der Waals surface area contributed by atoms with Crippen molar-refractivity contribution in [3.63, 3.8) is 0 Å². The van der Waals surface area contributed by atoms with Crippen LogP contribution in [-0.2, 0) is 0 Å². The Morgan fingerprint density at radius 3 is 2.46 bits per heavy atom. The molecule has 0 radical (unpaired) electrons. The minimum absolute atomic E-state index is 0.391. The van der Waals surface area contributed by atoms with Crippen LogP contribution in [-0.4, -0.2) is 5.11 Å². The molecule has 13 heavy (non-hydrogen) atoms. The highest BCUT2D eigenvalue weighted by atomic mass is 16.3. The van der Waals surface area contributed by atoms with Crippen LogP contribution in [0.25, 0.3) is 0 Å². The molecule has 0 spiro atoms. The summed E-state index contributed by atoms with van der Waals surface area (Å²) in [7, 11) is 0. The summed E-state index contributed by atoms with van der Waals surface area (Å²) >= 11 is 0. The summed E-state index contributed by atoms with van der Waals surface area (Å²) in [6, 6.07) is 9.11. The Morgan fingerprint density at radius 1 is 1.38 bits per heavy atom. The molecule has 0 saturated heterocycles. The van der Waals surface area contributed by atoms with Crippen LogP contribution in [0.2, 0.25) is 0 Å². The third-order valence-electron chi connectivity index (χ3n) is 1.99. The zero-order valence-electron chi connectivity index (χ0n) is 7.70. The van der Waals surface area contributed by atoms with E-state index < -0.39 is 6.10 Å². The summed E-state index contributed by atoms with van der Waals surface area (Å²) in [5.74, 6) is 0. The van der Waals surface area contributed by atoms with Crippen LogP contribution in [0.15, 0.2) is 24.3 Å². The highest BCUT2D eigenvalue weighted by Gasteiger charge is 2.04. The summed E-state index contributed by atoms with van der Waals surface area (Å²) < 4.78 is 0. The van der Waals surface area contributed by atoms with Gasteiger partial charge in [-0.1, -0.05) is 25.5 Å². The maximum absolute atomic E-state index is 9.60. The lowest BCUT2D eigenvalue weighted by Crippen LogP contribution is -1.95. The van der Waals surface area contributed by atoms with Crippen LogP contribution in [0.1, 0.15) is 37.0 Å². The normalized spacial score (nSPS) is 12.1. The van der Waals surface area contributed by atoms with Gasteiger partial charge in [-0.3, -0.25) is 0 Å². The molecule has 2 heteroatoms. The molecule has 0 heterocycles. The van der Waals surface area contributed by atoms with Gasteiger partial charge in [-0.05, 0) is 24.1 Å². The Bertz CT molecular complexity index is 297. The van der Waals surface area contributed by atoms with Gasteiger partial charge in [0.25, 0.3) is 0 Å². The first-order chi connectivity index (χ1) is 6.27. The van der Waals surface area contributed by atoms with Gasteiger partial charge < -0.3 is 5.11 Å². The molecule has 0 aromatic heterocycles. The fraction of sp³-hybridized carbons (Fsp3) is 0.364. The standard InChI is InChI=1S/C11H13NO/c1-2-3-11(13)10-6-4-9(8-12)5-7-10/h4-7,11,13H,2-3H2,1H3. The maximum Gasteiger partial charge on any atom is 0.0991 e. The van der Waals surface area contributed by atoms with E-state index in [0.717, 1.165) is 18.4 Å². The molecular weight excluding hydrogens is 162 g/mol. The lowest BCUT2D eigenvalue weighted by atomic mass is 10.0. The topological polar surface area (TPSA) is 44.0 Å². The minimum Gasteiger partial charge on any atom is -0.388 e. The zero-order chi connectivity index (χ0) is 9.68. The molecule has 2 nitrogen and oxygen atoms in total. The van der Waals surface area contributed by atoms with Crippen molar-refractivity contribution in [1.29, 1.82) is 5.26 Å². The molecule has 1 unspecified atom stereocenters. The van der Waals surface area contributed by atoms with E-state index in [4.69, 9.17) is 5.26 Å². The number of rotatable bonds is 3. The lowest BCUT2D eigenvalue weighted by Gasteiger charge is -2.08. The Hall–Kier alpha value is -1.33. The predicted octanol–water partition coefficient (Wildman–Crippen LogP) is 2.39. The summed E-state index contributed by atoms with van der Waals surface area (Å²) in [4.78, 5) is 0. The van der Waals surface area contributed by atoms with Gasteiger partial charge >= 0.3 is 0 Å². The first-order valence-corrected chi connectivity index (χ1v) is 4.46. The van der Waals surface area contributed by atoms with Crippen LogP contribution >= 0.6 is 0 Å². The third kappa shape index (κ3) is 2.57. The largest absolute Gasteiger partial charge is 0.388 e. The molecule has 1 N–H and O–H groups in total. The van der Waals surface area contributed by atoms with E-state index in [1.165, 1.54) is 0 Å². The Kier molecular flexibility index (Phi) is 3.48. The Morgan fingerprint density at radius 2 is 2.00 bits per heavy atom. The van der Waals surface area contributed by atoms with E-state index in [0.29, 0.717) is 5.56 Å². The van der Waals surface area contributed by atoms with Gasteiger partial charge in [0.15, 0.2) is 0 Å². The van der Waals surface area contributed by atoms with Gasteiger partial charge in [-0.15, -0.1) is 0 Å². The molecule has 1 atom stereocenters. The van der Waals surface area contributed by atoms with Crippen molar-refractivity contribution in [2.24, 2.45) is 0 Å². The lowest BCUT2D eigenvalue weighted by molar-refractivity contribution is 0.166. The van der Waals surface area contributed by atoms with Gasteiger partial charge in [0.2, 0.25) is 0 Å². The molecule has 68 valence electrons. The van der Waals surface area contributed by atoms with Crippen molar-refractivity contribution in [2.75, 3.05) is 0 Å². The van der Waals surface area contributed by atoms with Crippen molar-refractivity contribution < 1.29 is 5.11 Å². The number of nitriles is 1. The van der Waals surface area contributed by atoms with E-state index in [1.807, 2.05) is 13.0 Å². The van der Waals surface area contributed by atoms with Crippen LogP contribution in [0.4, 0.5) is 0 Å². The third-order valence-corrected chi connectivity index (χ3v) is 1.99. The van der Waals surface area contributed by atoms with Crippen molar-refractivity contribution in [3.05, 3.63) is 35.4 Å². The van der Waals surface area contributed by atoms with Crippen molar-refractivity contribution in [2.45, 2.75) is 25.9 Å². The number of hydrogen-bond acceptors (Lipinski definition) is 2. The number of aliphatic hydroxyl groups excluding tert-OH is 1. The molecule has 0 fully saturated rings. The number of aliphatic hydroxyl groups is 1. The molecule has 1 aromatic carbocycles. The Labute approximate surface area is 78.4 Å². The molecule has 0 bridgehead atoms. The molecule has 0 aliphatic carbocycles. The van der Waals surface area contributed by atoms with E-state index in [-0.39, 0.29) is 0 Å². The van der Waals surface area contributed by atoms with Gasteiger partial charge in [0.05, 0.1) is 17.7 Å². The maximum atomic E-state index is 9.60. The first kappa shape index (κ1) is 9.76. The summed E-state index contributed by atoms with van der Waals surface area (Å²) in [5, 5.41) is 18.2. The first-order valence-electron chi connectivity index (χ1n) is 4.46. The average Bonchev–Trinajstić information content (AvgIpc) is 2.18. The van der Waals surface area contributed by atoms with Gasteiger partial charge in [-0.25, -0.2) is 0 Å². The van der Waals surface area contributed by atoms with Crippen molar-refractivity contribution in [3.8, 4) is 6.07 Å². The van der Waals surface area contributed by atoms with Crippen LogP contribution in [0.5, 0.6) is 0 Å². The van der Waals surface area contributed by atoms with E-state index in [9.17, 15) is 5.11 Å². The van der Waals surface area contributed by atoms with Crippen molar-refractivity contribution in [1.82, 2.24) is 0 Å². The van der Waals surface area contributed by atoms with Gasteiger partial charge in [0.1, 0.15) is 0 Å². The molecule has 0 aliphatic rings. The molecule has 0 aliphatic heterocycles. The average molecular weight is 175 g/mol. The number of benzene rings is 1. The number of hydrogen-bond donors (Lipinski definition) is 1. The SMILES string of the molecule is CCCC(O)c1ccc(C#N)cc1. The quantitative estimate of drug-likeness (QED) is 0.766. The molecule has 1 aromatic rings. The predicted molar refractivity (Wildman–Crippen MR) is 51.0 cm³/mol. The molecule has 1 rings (SSSR count). The van der Waals surface area contributed by atoms with E-state index in [1.54, 1.807) is 24.3 Å². The fourth-order valence-corrected chi connectivity index (χ4v) is 1.22. The highest BCUT2D eigenvalue weighted by molar-refractivity contribution is 5.32.